The van der Waals surface area contributed by atoms with Crippen LogP contribution in [0.15, 0.2) is 27.6 Å². The van der Waals surface area contributed by atoms with Gasteiger partial charge in [0.25, 0.3) is 0 Å². The third kappa shape index (κ3) is 5.06. The van der Waals surface area contributed by atoms with Crippen molar-refractivity contribution in [2.24, 2.45) is 0 Å². The smallest absolute Gasteiger partial charge is 0.236 e. The highest BCUT2D eigenvalue weighted by atomic mass is 35.5. The molecule has 1 fully saturated rings. The second-order valence-electron chi connectivity index (χ2n) is 6.52. The molecule has 1 saturated heterocycles. The van der Waals surface area contributed by atoms with E-state index in [9.17, 15) is 13.2 Å². The molecule has 1 aromatic heterocycles. The summed E-state index contributed by atoms with van der Waals surface area (Å²) in [5.41, 5.74) is 0.549. The van der Waals surface area contributed by atoms with E-state index in [0.29, 0.717) is 5.56 Å². The molecule has 1 amide bonds. The maximum absolute atomic E-state index is 12.6. The van der Waals surface area contributed by atoms with Gasteiger partial charge in [-0.25, -0.2) is 8.42 Å². The van der Waals surface area contributed by atoms with E-state index < -0.39 is 15.6 Å². The Hall–Kier alpha value is -1.97. The van der Waals surface area contributed by atoms with Crippen LogP contribution in [0.25, 0.3) is 0 Å². The highest BCUT2D eigenvalue weighted by Gasteiger charge is 2.24. The van der Waals surface area contributed by atoms with Crippen LogP contribution in [-0.2, 0) is 26.8 Å². The van der Waals surface area contributed by atoms with E-state index in [-0.39, 0.29) is 40.0 Å². The lowest BCUT2D eigenvalue weighted by molar-refractivity contribution is -0.121. The molecule has 146 valence electrons. The van der Waals surface area contributed by atoms with Crippen molar-refractivity contribution in [3.63, 3.8) is 0 Å². The van der Waals surface area contributed by atoms with Crippen molar-refractivity contribution in [3.05, 3.63) is 40.5 Å². The highest BCUT2D eigenvalue weighted by molar-refractivity contribution is 7.90. The largest absolute Gasteiger partial charge is 0.353 e. The lowest BCUT2D eigenvalue weighted by atomic mass is 10.1. The van der Waals surface area contributed by atoms with E-state index in [0.717, 1.165) is 25.9 Å². The molecule has 8 nitrogen and oxygen atoms in total. The van der Waals surface area contributed by atoms with E-state index in [1.807, 2.05) is 0 Å². The predicted molar refractivity (Wildman–Crippen MR) is 99.1 cm³/mol. The van der Waals surface area contributed by atoms with Gasteiger partial charge in [0, 0.05) is 6.04 Å². The number of benzene rings is 1. The number of aromatic nitrogens is 2. The van der Waals surface area contributed by atoms with Crippen molar-refractivity contribution in [1.29, 1.82) is 0 Å². The first-order valence-corrected chi connectivity index (χ1v) is 10.7. The second-order valence-corrected chi connectivity index (χ2v) is 8.85. The Labute approximate surface area is 162 Å². The number of nitrogens with one attached hydrogen (secondary N) is 2. The van der Waals surface area contributed by atoms with Crippen LogP contribution in [0, 0.1) is 6.92 Å². The van der Waals surface area contributed by atoms with Crippen LogP contribution in [0.5, 0.6) is 0 Å². The number of hydrogen-bond donors (Lipinski definition) is 2. The summed E-state index contributed by atoms with van der Waals surface area (Å²) in [5.74, 6) is -0.583. The molecule has 1 aliphatic heterocycles. The fourth-order valence-electron chi connectivity index (χ4n) is 3.06. The average molecular weight is 413 g/mol. The van der Waals surface area contributed by atoms with Crippen LogP contribution >= 0.6 is 11.6 Å². The Morgan fingerprint density at radius 1 is 1.37 bits per heavy atom. The van der Waals surface area contributed by atoms with E-state index in [4.69, 9.17) is 16.1 Å². The number of carbonyl (C=O) groups excluding carboxylic acids is 1. The Kier molecular flexibility index (Phi) is 6.13. The number of halogens is 1. The van der Waals surface area contributed by atoms with Crippen molar-refractivity contribution < 1.29 is 17.7 Å². The number of carbonyl (C=O) groups is 1. The summed E-state index contributed by atoms with van der Waals surface area (Å²) in [6.45, 7) is 3.41. The molecule has 0 unspecified atom stereocenters. The minimum Gasteiger partial charge on any atom is -0.353 e. The zero-order valence-electron chi connectivity index (χ0n) is 14.9. The summed E-state index contributed by atoms with van der Waals surface area (Å²) < 4.78 is 30.3. The van der Waals surface area contributed by atoms with E-state index in [2.05, 4.69) is 20.8 Å². The molecule has 2 N–H and O–H groups in total. The number of aryl methyl sites for hydroxylation is 1. The lowest BCUT2D eigenvalue weighted by Gasteiger charge is -2.23. The van der Waals surface area contributed by atoms with Crippen LogP contribution in [0.2, 0.25) is 5.02 Å². The molecular formula is C17H21ClN4O4S. The standard InChI is InChI=1S/C17H21ClN4O4S/c1-11-3-2-4-13(18)17(11)27(24,25)10-14-21-16(26-22-14)9-15(23)20-12-5-7-19-8-6-12/h2-4,12,19H,5-10H2,1H3,(H,20,23). The number of rotatable bonds is 6. The van der Waals surface area contributed by atoms with Gasteiger partial charge < -0.3 is 15.2 Å². The predicted octanol–water partition coefficient (Wildman–Crippen LogP) is 1.42. The molecule has 0 bridgehead atoms. The number of hydrogen-bond acceptors (Lipinski definition) is 7. The zero-order chi connectivity index (χ0) is 19.4. The van der Waals surface area contributed by atoms with E-state index >= 15 is 0 Å². The van der Waals surface area contributed by atoms with Crippen molar-refractivity contribution in [2.75, 3.05) is 13.1 Å². The molecule has 1 aromatic carbocycles. The summed E-state index contributed by atoms with van der Waals surface area (Å²) >= 11 is 6.05. The van der Waals surface area contributed by atoms with Gasteiger partial charge in [-0.3, -0.25) is 4.79 Å². The van der Waals surface area contributed by atoms with Crippen LogP contribution in [-0.4, -0.2) is 43.6 Å². The lowest BCUT2D eigenvalue weighted by Crippen LogP contribution is -2.43. The molecule has 0 radical (unpaired) electrons. The molecule has 27 heavy (non-hydrogen) atoms. The first-order valence-electron chi connectivity index (χ1n) is 8.64. The Balaban J connectivity index is 1.64. The molecule has 0 saturated carbocycles. The molecule has 0 spiro atoms. The topological polar surface area (TPSA) is 114 Å². The van der Waals surface area contributed by atoms with Gasteiger partial charge in [0.15, 0.2) is 15.7 Å². The van der Waals surface area contributed by atoms with Gasteiger partial charge in [0.2, 0.25) is 11.8 Å². The van der Waals surface area contributed by atoms with E-state index in [1.165, 1.54) is 6.07 Å². The highest BCUT2D eigenvalue weighted by Crippen LogP contribution is 2.27. The molecule has 10 heteroatoms. The summed E-state index contributed by atoms with van der Waals surface area (Å²) in [6.07, 6.45) is 1.66. The van der Waals surface area contributed by atoms with Gasteiger partial charge in [0.05, 0.1) is 9.92 Å². The number of amides is 1. The fraction of sp³-hybridized carbons (Fsp3) is 0.471. The van der Waals surface area contributed by atoms with Crippen LogP contribution in [0.3, 0.4) is 0 Å². The molecule has 2 aromatic rings. The maximum Gasteiger partial charge on any atom is 0.236 e. The van der Waals surface area contributed by atoms with Gasteiger partial charge in [-0.1, -0.05) is 28.9 Å². The van der Waals surface area contributed by atoms with Crippen molar-refractivity contribution in [3.8, 4) is 0 Å². The first kappa shape index (κ1) is 19.8. The number of sulfone groups is 1. The van der Waals surface area contributed by atoms with Gasteiger partial charge in [-0.15, -0.1) is 0 Å². The maximum atomic E-state index is 12.6. The molecule has 3 rings (SSSR count). The second kappa shape index (κ2) is 8.37. The minimum atomic E-state index is -3.74. The summed E-state index contributed by atoms with van der Waals surface area (Å²) in [7, 11) is -3.74. The SMILES string of the molecule is Cc1cccc(Cl)c1S(=O)(=O)Cc1noc(CC(=O)NC2CCNCC2)n1. The number of piperidine rings is 1. The van der Waals surface area contributed by atoms with Gasteiger partial charge in [0.1, 0.15) is 12.2 Å². The number of nitrogens with zero attached hydrogens (tertiary/aromatic N) is 2. The Morgan fingerprint density at radius 3 is 2.81 bits per heavy atom. The van der Waals surface area contributed by atoms with Crippen molar-refractivity contribution in [2.45, 2.75) is 42.9 Å². The Bertz CT molecular complexity index is 903. The molecular weight excluding hydrogens is 392 g/mol. The molecule has 1 aliphatic rings. The average Bonchev–Trinajstić information content (AvgIpc) is 3.01. The van der Waals surface area contributed by atoms with Gasteiger partial charge in [-0.2, -0.15) is 4.98 Å². The normalized spacial score (nSPS) is 15.6. The molecule has 0 atom stereocenters. The van der Waals surface area contributed by atoms with Crippen LogP contribution in [0.1, 0.15) is 30.1 Å². The zero-order valence-corrected chi connectivity index (χ0v) is 16.4. The Morgan fingerprint density at radius 2 is 2.11 bits per heavy atom. The fourth-order valence-corrected chi connectivity index (χ4v) is 5.16. The van der Waals surface area contributed by atoms with Crippen LogP contribution < -0.4 is 10.6 Å². The first-order chi connectivity index (χ1) is 12.8. The summed E-state index contributed by atoms with van der Waals surface area (Å²) in [5, 5.41) is 9.99. The van der Waals surface area contributed by atoms with Crippen molar-refractivity contribution >= 4 is 27.3 Å². The molecule has 0 aliphatic carbocycles. The third-order valence-electron chi connectivity index (χ3n) is 4.32. The molecule has 2 heterocycles. The van der Waals surface area contributed by atoms with E-state index in [1.54, 1.807) is 19.1 Å². The monoisotopic (exact) mass is 412 g/mol. The third-order valence-corrected chi connectivity index (χ3v) is 6.55. The summed E-state index contributed by atoms with van der Waals surface area (Å²) in [6, 6.07) is 5.01. The van der Waals surface area contributed by atoms with Crippen molar-refractivity contribution in [1.82, 2.24) is 20.8 Å². The summed E-state index contributed by atoms with van der Waals surface area (Å²) in [4.78, 5) is 16.2. The van der Waals surface area contributed by atoms with Gasteiger partial charge >= 0.3 is 0 Å². The van der Waals surface area contributed by atoms with Gasteiger partial charge in [-0.05, 0) is 44.5 Å². The minimum absolute atomic E-state index is 0.000939. The quantitative estimate of drug-likeness (QED) is 0.737. The van der Waals surface area contributed by atoms with Crippen LogP contribution in [0.4, 0.5) is 0 Å².